The first kappa shape index (κ1) is 11.8. The van der Waals surface area contributed by atoms with E-state index in [2.05, 4.69) is 39.0 Å². The van der Waals surface area contributed by atoms with Gasteiger partial charge in [0.1, 0.15) is 0 Å². The molecule has 0 saturated carbocycles. The third-order valence-electron chi connectivity index (χ3n) is 1.37. The van der Waals surface area contributed by atoms with E-state index < -0.39 is 10.5 Å². The minimum absolute atomic E-state index is 1.35. The summed E-state index contributed by atoms with van der Waals surface area (Å²) in [4.78, 5) is 0. The summed E-state index contributed by atoms with van der Waals surface area (Å²) in [5.74, 6) is 0. The van der Waals surface area contributed by atoms with Crippen LogP contribution < -0.4 is 0 Å². The van der Waals surface area contributed by atoms with Gasteiger partial charge in [-0.3, -0.25) is 0 Å². The maximum Gasteiger partial charge on any atom is 0.308 e. The zero-order chi connectivity index (χ0) is 10.4. The average Bonchev–Trinajstić information content (AvgIpc) is 1.80. The standard InChI is InChI=1S/C9H12.HNO2S/c1-7-4-8(2)6-9(3)5-7;1-4(2)3/h4-6H,1-3H3;1H. The topological polar surface area (TPSA) is 58.0 Å². The summed E-state index contributed by atoms with van der Waals surface area (Å²) < 4.78 is 22.8. The van der Waals surface area contributed by atoms with E-state index >= 15 is 0 Å². The molecule has 0 unspecified atom stereocenters. The van der Waals surface area contributed by atoms with Crippen molar-refractivity contribution >= 4 is 10.5 Å². The summed E-state index contributed by atoms with van der Waals surface area (Å²) in [6, 6.07) is 6.56. The van der Waals surface area contributed by atoms with E-state index in [0.717, 1.165) is 0 Å². The fourth-order valence-electron chi connectivity index (χ4n) is 1.20. The van der Waals surface area contributed by atoms with Crippen LogP contribution in [0, 0.1) is 25.6 Å². The molecule has 0 atom stereocenters. The molecule has 3 nitrogen and oxygen atoms in total. The Bertz CT molecular complexity index is 324. The van der Waals surface area contributed by atoms with Crippen LogP contribution in [0.15, 0.2) is 18.2 Å². The van der Waals surface area contributed by atoms with Gasteiger partial charge >= 0.3 is 10.5 Å². The van der Waals surface area contributed by atoms with Crippen LogP contribution in [0.5, 0.6) is 0 Å². The Hall–Kier alpha value is -1.16. The van der Waals surface area contributed by atoms with Gasteiger partial charge in [-0.15, -0.1) is 0 Å². The summed E-state index contributed by atoms with van der Waals surface area (Å²) in [5, 5.41) is 0. The van der Waals surface area contributed by atoms with E-state index in [1.165, 1.54) is 16.7 Å². The number of aryl methyl sites for hydroxylation is 3. The lowest BCUT2D eigenvalue weighted by molar-refractivity contribution is 0.620. The van der Waals surface area contributed by atoms with Gasteiger partial charge in [-0.1, -0.05) is 34.9 Å². The quantitative estimate of drug-likeness (QED) is 0.696. The summed E-state index contributed by atoms with van der Waals surface area (Å²) >= 11 is 0. The second-order valence-electron chi connectivity index (χ2n) is 2.90. The van der Waals surface area contributed by atoms with Gasteiger partial charge in [0.25, 0.3) is 0 Å². The lowest BCUT2D eigenvalue weighted by Crippen LogP contribution is -1.78. The first-order valence-electron chi connectivity index (χ1n) is 3.77. The zero-order valence-electron chi connectivity index (χ0n) is 7.96. The van der Waals surface area contributed by atoms with Gasteiger partial charge in [0.05, 0.1) is 0 Å². The van der Waals surface area contributed by atoms with Crippen LogP contribution in [0.25, 0.3) is 0 Å². The fourth-order valence-corrected chi connectivity index (χ4v) is 1.20. The lowest BCUT2D eigenvalue weighted by Gasteiger charge is -1.96. The summed E-state index contributed by atoms with van der Waals surface area (Å²) in [6.45, 7) is 6.38. The first-order valence-corrected chi connectivity index (χ1v) is 4.84. The summed E-state index contributed by atoms with van der Waals surface area (Å²) in [5.41, 5.74) is 4.06. The van der Waals surface area contributed by atoms with Gasteiger partial charge in [0.2, 0.25) is 0 Å². The highest BCUT2D eigenvalue weighted by molar-refractivity contribution is 7.60. The molecule has 0 bridgehead atoms. The Kier molecular flexibility index (Phi) is 4.99. The third kappa shape index (κ3) is 7.21. The molecule has 13 heavy (non-hydrogen) atoms. The van der Waals surface area contributed by atoms with Crippen LogP contribution in [0.3, 0.4) is 0 Å². The van der Waals surface area contributed by atoms with Gasteiger partial charge < -0.3 is 0 Å². The zero-order valence-corrected chi connectivity index (χ0v) is 8.77. The number of benzene rings is 1. The molecule has 0 fully saturated rings. The van der Waals surface area contributed by atoms with E-state index in [-0.39, 0.29) is 0 Å². The van der Waals surface area contributed by atoms with Crippen molar-refractivity contribution in [2.75, 3.05) is 0 Å². The second-order valence-corrected chi connectivity index (χ2v) is 3.37. The normalized spacial score (nSPS) is 8.54. The van der Waals surface area contributed by atoms with Crippen molar-refractivity contribution in [1.82, 2.24) is 0 Å². The summed E-state index contributed by atoms with van der Waals surface area (Å²) in [6.07, 6.45) is 0. The first-order chi connectivity index (χ1) is 5.91. The van der Waals surface area contributed by atoms with E-state index in [0.29, 0.717) is 0 Å². The molecule has 1 rings (SSSR count). The van der Waals surface area contributed by atoms with Crippen LogP contribution in [0.1, 0.15) is 16.7 Å². The fraction of sp³-hybridized carbons (Fsp3) is 0.333. The number of nitrogens with one attached hydrogen (secondary N) is 1. The molecule has 72 valence electrons. The lowest BCUT2D eigenvalue weighted by atomic mass is 10.1. The Morgan fingerprint density at radius 2 is 1.08 bits per heavy atom. The van der Waals surface area contributed by atoms with Gasteiger partial charge in [0, 0.05) is 0 Å². The van der Waals surface area contributed by atoms with Crippen LogP contribution >= 0.6 is 0 Å². The van der Waals surface area contributed by atoms with Crippen molar-refractivity contribution in [3.63, 3.8) is 0 Å². The molecule has 0 heterocycles. The van der Waals surface area contributed by atoms with Gasteiger partial charge in [-0.25, -0.2) is 0 Å². The van der Waals surface area contributed by atoms with Crippen molar-refractivity contribution < 1.29 is 8.42 Å². The summed E-state index contributed by atoms with van der Waals surface area (Å²) in [7, 11) is -2.61. The minimum atomic E-state index is -2.61. The SMILES string of the molecule is Cc1cc(C)cc(C)c1.N=S(=O)=O. The molecule has 4 heteroatoms. The Morgan fingerprint density at radius 1 is 0.923 bits per heavy atom. The van der Waals surface area contributed by atoms with Crippen LogP contribution in [0.4, 0.5) is 0 Å². The van der Waals surface area contributed by atoms with Gasteiger partial charge in [-0.2, -0.15) is 13.2 Å². The second kappa shape index (κ2) is 5.48. The highest BCUT2D eigenvalue weighted by Crippen LogP contribution is 2.06. The molecule has 1 aromatic carbocycles. The largest absolute Gasteiger partial charge is 0.308 e. The Morgan fingerprint density at radius 3 is 1.23 bits per heavy atom. The Balaban J connectivity index is 0.000000310. The molecule has 0 aliphatic rings. The van der Waals surface area contributed by atoms with Crippen molar-refractivity contribution in [3.05, 3.63) is 34.9 Å². The molecule has 1 N–H and O–H groups in total. The van der Waals surface area contributed by atoms with E-state index in [1.54, 1.807) is 0 Å². The van der Waals surface area contributed by atoms with E-state index in [9.17, 15) is 0 Å². The molecular weight excluding hydrogens is 186 g/mol. The highest BCUT2D eigenvalue weighted by atomic mass is 32.2. The van der Waals surface area contributed by atoms with Crippen molar-refractivity contribution in [2.24, 2.45) is 0 Å². The maximum absolute atomic E-state index is 8.67. The number of hydrogen-bond donors (Lipinski definition) is 1. The van der Waals surface area contributed by atoms with Gasteiger partial charge in [-0.05, 0) is 20.8 Å². The molecule has 0 spiro atoms. The number of rotatable bonds is 0. The smallest absolute Gasteiger partial charge is 0.188 e. The van der Waals surface area contributed by atoms with Crippen LogP contribution in [-0.4, -0.2) is 8.42 Å². The average molecular weight is 199 g/mol. The van der Waals surface area contributed by atoms with Crippen molar-refractivity contribution in [2.45, 2.75) is 20.8 Å². The molecule has 0 radical (unpaired) electrons. The molecular formula is C9H13NO2S. The molecule has 0 aliphatic carbocycles. The minimum Gasteiger partial charge on any atom is -0.188 e. The predicted molar refractivity (Wildman–Crippen MR) is 52.3 cm³/mol. The number of hydrogen-bond acceptors (Lipinski definition) is 3. The molecule has 0 aromatic heterocycles. The monoisotopic (exact) mass is 199 g/mol. The van der Waals surface area contributed by atoms with Crippen molar-refractivity contribution in [3.8, 4) is 0 Å². The highest BCUT2D eigenvalue weighted by Gasteiger charge is 1.87. The van der Waals surface area contributed by atoms with Crippen LogP contribution in [-0.2, 0) is 10.5 Å². The molecule has 0 saturated heterocycles. The molecule has 0 amide bonds. The van der Waals surface area contributed by atoms with Gasteiger partial charge in [0.15, 0.2) is 0 Å². The third-order valence-corrected chi connectivity index (χ3v) is 1.37. The van der Waals surface area contributed by atoms with Crippen molar-refractivity contribution in [1.29, 1.82) is 4.78 Å². The van der Waals surface area contributed by atoms with Crippen LogP contribution in [0.2, 0.25) is 0 Å². The molecule has 0 aliphatic heterocycles. The maximum atomic E-state index is 8.67. The Labute approximate surface area is 79.9 Å². The van der Waals surface area contributed by atoms with E-state index in [4.69, 9.17) is 13.2 Å². The predicted octanol–water partition coefficient (Wildman–Crippen LogP) is 2.24. The molecule has 1 aromatic rings. The van der Waals surface area contributed by atoms with E-state index in [1.807, 2.05) is 0 Å².